The van der Waals surface area contributed by atoms with Crippen molar-refractivity contribution in [1.82, 2.24) is 4.90 Å². The number of alkyl halides is 1. The highest BCUT2D eigenvalue weighted by Gasteiger charge is 2.77. The molecule has 1 aromatic carbocycles. The number of halogens is 1. The van der Waals surface area contributed by atoms with E-state index in [1.165, 1.54) is 4.90 Å². The van der Waals surface area contributed by atoms with Gasteiger partial charge in [0.05, 0.1) is 37.2 Å². The summed E-state index contributed by atoms with van der Waals surface area (Å²) in [7, 11) is 0. The minimum absolute atomic E-state index is 0.192. The molecule has 2 N–H and O–H groups in total. The summed E-state index contributed by atoms with van der Waals surface area (Å²) in [5, 5.41) is 13.1. The Morgan fingerprint density at radius 1 is 1.33 bits per heavy atom. The van der Waals surface area contributed by atoms with Gasteiger partial charge in [-0.1, -0.05) is 41.1 Å². The molecule has 1 aromatic rings. The highest BCUT2D eigenvalue weighted by Crippen LogP contribution is 2.60. The number of nitrogens with one attached hydrogen (secondary N) is 1. The van der Waals surface area contributed by atoms with E-state index in [1.807, 2.05) is 39.0 Å². The summed E-state index contributed by atoms with van der Waals surface area (Å²) in [5.41, 5.74) is 1.33. The maximum absolute atomic E-state index is 13.8. The number of fused-ring (bicyclic) bond motifs is 1. The number of para-hydroxylation sites is 1. The number of nitrogens with zero attached hydrogens (tertiary/aromatic N) is 1. The summed E-state index contributed by atoms with van der Waals surface area (Å²) >= 11 is 3.62. The second-order valence-corrected chi connectivity index (χ2v) is 10.3. The van der Waals surface area contributed by atoms with Gasteiger partial charge >= 0.3 is 5.97 Å². The van der Waals surface area contributed by atoms with Crippen LogP contribution in [0.2, 0.25) is 0 Å². The van der Waals surface area contributed by atoms with Gasteiger partial charge in [0.15, 0.2) is 0 Å². The van der Waals surface area contributed by atoms with Gasteiger partial charge in [0.1, 0.15) is 11.6 Å². The molecule has 0 saturated carbocycles. The molecule has 4 rings (SSSR count). The number of benzene rings is 1. The smallest absolute Gasteiger partial charge is 0.312 e. The Bertz CT molecular complexity index is 946. The second kappa shape index (κ2) is 9.00. The van der Waals surface area contributed by atoms with Crippen LogP contribution in [-0.4, -0.2) is 69.6 Å². The predicted octanol–water partition coefficient (Wildman–Crippen LogP) is 2.32. The molecule has 33 heavy (non-hydrogen) atoms. The zero-order valence-corrected chi connectivity index (χ0v) is 20.9. The van der Waals surface area contributed by atoms with E-state index >= 15 is 0 Å². The zero-order valence-electron chi connectivity index (χ0n) is 19.3. The van der Waals surface area contributed by atoms with Crippen LogP contribution in [0.3, 0.4) is 0 Å². The van der Waals surface area contributed by atoms with Gasteiger partial charge in [-0.15, -0.1) is 0 Å². The zero-order chi connectivity index (χ0) is 24.1. The third-order valence-corrected chi connectivity index (χ3v) is 8.18. The molecular weight excluding hydrogens is 492 g/mol. The lowest BCUT2D eigenvalue weighted by Crippen LogP contribution is -2.56. The van der Waals surface area contributed by atoms with Gasteiger partial charge < -0.3 is 24.8 Å². The normalized spacial score (nSPS) is 33.2. The number of rotatable bonds is 7. The Hall–Kier alpha value is -1.97. The number of likely N-dealkylation sites (tertiary alicyclic amines) is 1. The van der Waals surface area contributed by atoms with Crippen LogP contribution >= 0.6 is 15.9 Å². The highest BCUT2D eigenvalue weighted by molar-refractivity contribution is 9.09. The second-order valence-electron chi connectivity index (χ2n) is 9.16. The van der Waals surface area contributed by atoms with Crippen molar-refractivity contribution >= 4 is 39.4 Å². The van der Waals surface area contributed by atoms with E-state index in [1.54, 1.807) is 6.92 Å². The van der Waals surface area contributed by atoms with E-state index in [-0.39, 0.29) is 29.9 Å². The fourth-order valence-corrected chi connectivity index (χ4v) is 6.83. The summed E-state index contributed by atoms with van der Waals surface area (Å²) in [6.07, 6.45) is 0.321. The lowest BCUT2D eigenvalue weighted by Gasteiger charge is -2.36. The first-order valence-corrected chi connectivity index (χ1v) is 12.4. The number of hydrogen-bond acceptors (Lipinski definition) is 6. The van der Waals surface area contributed by atoms with Crippen LogP contribution in [0.1, 0.15) is 37.8 Å². The summed E-state index contributed by atoms with van der Waals surface area (Å²) in [4.78, 5) is 41.8. The van der Waals surface area contributed by atoms with Gasteiger partial charge in [-0.25, -0.2) is 0 Å². The third kappa shape index (κ3) is 3.59. The number of carbonyl (C=O) groups excluding carboxylic acids is 3. The maximum Gasteiger partial charge on any atom is 0.312 e. The van der Waals surface area contributed by atoms with Crippen LogP contribution in [0.15, 0.2) is 18.2 Å². The standard InChI is InChI=1S/C24H31BrN2O6/c1-5-14(11-28)27-20(21(29)26-18-12(3)8-7-9-13(18)4)24-10-15(25)19(33-24)16(17(24)22(27)30)23(31)32-6-2/h7-9,14-17,19-20,28H,5-6,10-11H2,1-4H3,(H,26,29)/t14-,15?,16-,17-,19-,20?,24?/m0/s1. The number of aryl methyl sites for hydroxylation is 2. The number of amides is 2. The molecule has 9 heteroatoms. The van der Waals surface area contributed by atoms with Crippen LogP contribution in [0.25, 0.3) is 0 Å². The van der Waals surface area contributed by atoms with Crippen molar-refractivity contribution < 1.29 is 29.0 Å². The lowest BCUT2D eigenvalue weighted by atomic mass is 9.70. The largest absolute Gasteiger partial charge is 0.466 e. The molecule has 0 radical (unpaired) electrons. The van der Waals surface area contributed by atoms with Gasteiger partial charge in [-0.3, -0.25) is 14.4 Å². The summed E-state index contributed by atoms with van der Waals surface area (Å²) < 4.78 is 11.7. The number of hydrogen-bond donors (Lipinski definition) is 2. The lowest BCUT2D eigenvalue weighted by molar-refractivity contribution is -0.155. The van der Waals surface area contributed by atoms with Gasteiger partial charge in [0.2, 0.25) is 11.8 Å². The molecule has 3 heterocycles. The van der Waals surface area contributed by atoms with Gasteiger partial charge in [0, 0.05) is 10.5 Å². The van der Waals surface area contributed by atoms with E-state index in [9.17, 15) is 19.5 Å². The average molecular weight is 523 g/mol. The van der Waals surface area contributed by atoms with Crippen molar-refractivity contribution in [3.8, 4) is 0 Å². The topological polar surface area (TPSA) is 105 Å². The Morgan fingerprint density at radius 2 is 2.00 bits per heavy atom. The van der Waals surface area contributed by atoms with Crippen LogP contribution in [0, 0.1) is 25.7 Å². The van der Waals surface area contributed by atoms with Crippen molar-refractivity contribution in [3.05, 3.63) is 29.3 Å². The van der Waals surface area contributed by atoms with Crippen molar-refractivity contribution in [2.75, 3.05) is 18.5 Å². The average Bonchev–Trinajstić information content (AvgIpc) is 3.36. The fraction of sp³-hybridized carbons (Fsp3) is 0.625. The van der Waals surface area contributed by atoms with E-state index in [0.29, 0.717) is 18.5 Å². The van der Waals surface area contributed by atoms with Crippen molar-refractivity contribution in [1.29, 1.82) is 0 Å². The summed E-state index contributed by atoms with van der Waals surface area (Å²) in [6, 6.07) is 4.20. The summed E-state index contributed by atoms with van der Waals surface area (Å²) in [6.45, 7) is 7.30. The number of anilines is 1. The highest BCUT2D eigenvalue weighted by atomic mass is 79.9. The number of esters is 1. The minimum Gasteiger partial charge on any atom is -0.466 e. The SMILES string of the molecule is CCOC(=O)[C@H]1[C@H]2C(=O)N([C@@H](CC)CO)C(C(=O)Nc3c(C)cccc3C)C23CC(Br)[C@@H]1O3. The van der Waals surface area contributed by atoms with E-state index < -0.39 is 41.6 Å². The Balaban J connectivity index is 1.79. The molecule has 3 fully saturated rings. The molecule has 0 aromatic heterocycles. The monoisotopic (exact) mass is 522 g/mol. The molecule has 7 atom stereocenters. The first-order valence-electron chi connectivity index (χ1n) is 11.5. The first-order chi connectivity index (χ1) is 15.7. The molecule has 0 aliphatic carbocycles. The van der Waals surface area contributed by atoms with Crippen molar-refractivity contribution in [2.45, 2.75) is 69.2 Å². The molecule has 3 unspecified atom stereocenters. The number of ether oxygens (including phenoxy) is 2. The van der Waals surface area contributed by atoms with Crippen LogP contribution in [0.4, 0.5) is 5.69 Å². The quantitative estimate of drug-likeness (QED) is 0.420. The molecule has 3 aliphatic rings. The van der Waals surface area contributed by atoms with Crippen molar-refractivity contribution in [2.24, 2.45) is 11.8 Å². The summed E-state index contributed by atoms with van der Waals surface area (Å²) in [5.74, 6) is -2.82. The van der Waals surface area contributed by atoms with Crippen LogP contribution in [0.5, 0.6) is 0 Å². The molecule has 2 amide bonds. The Kier molecular flexibility index (Phi) is 6.59. The van der Waals surface area contributed by atoms with E-state index in [4.69, 9.17) is 9.47 Å². The predicted molar refractivity (Wildman–Crippen MR) is 125 cm³/mol. The van der Waals surface area contributed by atoms with E-state index in [2.05, 4.69) is 21.2 Å². The van der Waals surface area contributed by atoms with Gasteiger partial charge in [0.25, 0.3) is 0 Å². The Morgan fingerprint density at radius 3 is 2.58 bits per heavy atom. The molecule has 2 bridgehead atoms. The van der Waals surface area contributed by atoms with Crippen molar-refractivity contribution in [3.63, 3.8) is 0 Å². The first kappa shape index (κ1) is 24.2. The Labute approximate surface area is 202 Å². The molecule has 180 valence electrons. The molecule has 3 aliphatic heterocycles. The fourth-order valence-electron chi connectivity index (χ4n) is 5.89. The van der Waals surface area contributed by atoms with E-state index in [0.717, 1.165) is 11.1 Å². The third-order valence-electron chi connectivity index (χ3n) is 7.34. The number of aliphatic hydroxyl groups excluding tert-OH is 1. The van der Waals surface area contributed by atoms with Gasteiger partial charge in [-0.2, -0.15) is 0 Å². The molecule has 3 saturated heterocycles. The van der Waals surface area contributed by atoms with Gasteiger partial charge in [-0.05, 0) is 44.7 Å². The maximum atomic E-state index is 13.8. The molecule has 8 nitrogen and oxygen atoms in total. The number of aliphatic hydroxyl groups is 1. The number of carbonyl (C=O) groups is 3. The van der Waals surface area contributed by atoms with Crippen LogP contribution in [-0.2, 0) is 23.9 Å². The minimum atomic E-state index is -1.17. The molecular formula is C24H31BrN2O6. The molecule has 1 spiro atoms. The van der Waals surface area contributed by atoms with Crippen LogP contribution < -0.4 is 5.32 Å².